The molecule has 0 unspecified atom stereocenters. The van der Waals surface area contributed by atoms with E-state index in [1.165, 1.54) is 3.57 Å². The van der Waals surface area contributed by atoms with Crippen LogP contribution in [0, 0.1) is 3.57 Å². The second-order valence-corrected chi connectivity index (χ2v) is 7.37. The maximum absolute atomic E-state index is 10.7. The minimum Gasteiger partial charge on any atom is -0.488 e. The summed E-state index contributed by atoms with van der Waals surface area (Å²) in [6.45, 7) is 6.15. The summed E-state index contributed by atoms with van der Waals surface area (Å²) in [6.07, 6.45) is 0. The van der Waals surface area contributed by atoms with Gasteiger partial charge in [0.2, 0.25) is 0 Å². The molecule has 1 aromatic carbocycles. The number of benzene rings is 1. The van der Waals surface area contributed by atoms with Crippen molar-refractivity contribution in [2.24, 2.45) is 0 Å². The standard InChI is InChI=1S/C10H14IO.CHF3O3S/c1-10(2,3)12-9-6-4-8(11)5-7-9;2-1(3,4)8(5,6)7/h4-7,11H,1-3H3;(H,5,6,7)/q+1;. The molecule has 0 heterocycles. The van der Waals surface area contributed by atoms with E-state index in [9.17, 15) is 13.2 Å². The van der Waals surface area contributed by atoms with Gasteiger partial charge in [0, 0.05) is 0 Å². The molecule has 0 bridgehead atoms. The Labute approximate surface area is 129 Å². The molecule has 0 saturated heterocycles. The molecule has 116 valence electrons. The molecule has 0 spiro atoms. The summed E-state index contributed by atoms with van der Waals surface area (Å²) in [5.41, 5.74) is -5.64. The number of ether oxygens (including phenoxy) is 1. The normalized spacial score (nSPS) is 12.4. The molecule has 0 fully saturated rings. The SMILES string of the molecule is CC(C)(C)Oc1ccc([IH+])cc1.O=S(=O)(O)C(F)(F)F. The van der Waals surface area contributed by atoms with Crippen molar-refractivity contribution in [1.29, 1.82) is 0 Å². The molecular weight excluding hydrogens is 412 g/mol. The van der Waals surface area contributed by atoms with Gasteiger partial charge < -0.3 is 4.74 Å². The number of halogens is 4. The summed E-state index contributed by atoms with van der Waals surface area (Å²) in [4.78, 5) is 0. The van der Waals surface area contributed by atoms with Crippen LogP contribution >= 0.6 is 0 Å². The van der Waals surface area contributed by atoms with Gasteiger partial charge in [0.25, 0.3) is 22.6 Å². The lowest BCUT2D eigenvalue weighted by atomic mass is 10.2. The highest BCUT2D eigenvalue weighted by Crippen LogP contribution is 2.20. The van der Waals surface area contributed by atoms with Gasteiger partial charge in [-0.05, 0) is 45.0 Å². The molecule has 9 heteroatoms. The van der Waals surface area contributed by atoms with Crippen LogP contribution in [0.3, 0.4) is 0 Å². The molecule has 0 atom stereocenters. The van der Waals surface area contributed by atoms with E-state index in [4.69, 9.17) is 17.7 Å². The molecule has 1 aromatic rings. The van der Waals surface area contributed by atoms with Crippen molar-refractivity contribution in [3.05, 3.63) is 27.8 Å². The summed E-state index contributed by atoms with van der Waals surface area (Å²) >= 11 is 2.00. The Morgan fingerprint density at radius 3 is 1.70 bits per heavy atom. The first-order valence-electron chi connectivity index (χ1n) is 5.22. The third-order valence-electron chi connectivity index (χ3n) is 1.54. The number of hydrogen-bond donors (Lipinski definition) is 1. The van der Waals surface area contributed by atoms with E-state index in [0.717, 1.165) is 5.75 Å². The molecule has 0 aliphatic heterocycles. The van der Waals surface area contributed by atoms with Crippen molar-refractivity contribution in [2.45, 2.75) is 31.9 Å². The van der Waals surface area contributed by atoms with Crippen LogP contribution in [0.4, 0.5) is 13.2 Å². The zero-order valence-electron chi connectivity index (χ0n) is 10.9. The van der Waals surface area contributed by atoms with Crippen molar-refractivity contribution >= 4 is 10.1 Å². The van der Waals surface area contributed by atoms with Gasteiger partial charge in [-0.1, -0.05) is 0 Å². The number of rotatable bonds is 1. The Kier molecular flexibility index (Phi) is 6.75. The van der Waals surface area contributed by atoms with Gasteiger partial charge in [0.1, 0.15) is 11.4 Å². The van der Waals surface area contributed by atoms with E-state index in [-0.39, 0.29) is 5.60 Å². The highest BCUT2D eigenvalue weighted by molar-refractivity contribution is 7.86. The van der Waals surface area contributed by atoms with Gasteiger partial charge in [0.05, 0.1) is 0 Å². The first-order valence-corrected chi connectivity index (χ1v) is 7.83. The quantitative estimate of drug-likeness (QED) is 0.381. The lowest BCUT2D eigenvalue weighted by molar-refractivity contribution is -0.328. The zero-order valence-corrected chi connectivity index (χ0v) is 14.1. The molecule has 0 aliphatic carbocycles. The van der Waals surface area contributed by atoms with Crippen molar-refractivity contribution in [3.63, 3.8) is 0 Å². The fraction of sp³-hybridized carbons (Fsp3) is 0.455. The topological polar surface area (TPSA) is 63.6 Å². The molecule has 0 aliphatic rings. The maximum atomic E-state index is 10.7. The molecule has 0 saturated carbocycles. The van der Waals surface area contributed by atoms with Crippen LogP contribution in [-0.2, 0) is 10.1 Å². The summed E-state index contributed by atoms with van der Waals surface area (Å²) in [5.74, 6) is 0.940. The van der Waals surface area contributed by atoms with E-state index < -0.39 is 15.6 Å². The lowest BCUT2D eigenvalue weighted by Crippen LogP contribution is -3.34. The monoisotopic (exact) mass is 427 g/mol. The summed E-state index contributed by atoms with van der Waals surface area (Å²) < 4.78 is 64.5. The largest absolute Gasteiger partial charge is 0.522 e. The van der Waals surface area contributed by atoms with Crippen LogP contribution in [0.1, 0.15) is 20.8 Å². The van der Waals surface area contributed by atoms with Crippen molar-refractivity contribution in [1.82, 2.24) is 0 Å². The smallest absolute Gasteiger partial charge is 0.488 e. The van der Waals surface area contributed by atoms with Gasteiger partial charge in [0.15, 0.2) is 3.57 Å². The first kappa shape index (κ1) is 19.4. The molecule has 20 heavy (non-hydrogen) atoms. The average Bonchev–Trinajstić information content (AvgIpc) is 2.17. The van der Waals surface area contributed by atoms with Crippen molar-refractivity contribution in [2.75, 3.05) is 0 Å². The molecule has 0 aromatic heterocycles. The van der Waals surface area contributed by atoms with Gasteiger partial charge in [-0.25, -0.2) is 0 Å². The minimum atomic E-state index is -5.84. The molecule has 1 rings (SSSR count). The summed E-state index contributed by atoms with van der Waals surface area (Å²) in [5, 5.41) is 0. The first-order chi connectivity index (χ1) is 8.72. The van der Waals surface area contributed by atoms with Crippen LogP contribution in [0.25, 0.3) is 0 Å². The Bertz CT molecular complexity index is 518. The van der Waals surface area contributed by atoms with Crippen molar-refractivity contribution in [3.8, 4) is 5.75 Å². The van der Waals surface area contributed by atoms with Gasteiger partial charge >= 0.3 is 15.6 Å². The van der Waals surface area contributed by atoms with Crippen LogP contribution in [0.15, 0.2) is 24.3 Å². The van der Waals surface area contributed by atoms with Crippen LogP contribution in [0.5, 0.6) is 5.75 Å². The van der Waals surface area contributed by atoms with E-state index in [2.05, 4.69) is 12.1 Å². The fourth-order valence-electron chi connectivity index (χ4n) is 0.861. The minimum absolute atomic E-state index is 0.101. The molecule has 0 radical (unpaired) electrons. The maximum Gasteiger partial charge on any atom is 0.522 e. The second-order valence-electron chi connectivity index (χ2n) is 4.61. The highest BCUT2D eigenvalue weighted by atomic mass is 127. The van der Waals surface area contributed by atoms with Gasteiger partial charge in [-0.3, -0.25) is 4.55 Å². The molecule has 1 N–H and O–H groups in total. The van der Waals surface area contributed by atoms with E-state index in [1.54, 1.807) is 0 Å². The van der Waals surface area contributed by atoms with Crippen LogP contribution in [0.2, 0.25) is 0 Å². The van der Waals surface area contributed by atoms with Gasteiger partial charge in [-0.15, -0.1) is 0 Å². The predicted molar refractivity (Wildman–Crippen MR) is 64.5 cm³/mol. The molecular formula is C11H15F3IO4S+. The Morgan fingerprint density at radius 1 is 1.10 bits per heavy atom. The Morgan fingerprint density at radius 2 is 1.45 bits per heavy atom. The van der Waals surface area contributed by atoms with E-state index in [0.29, 0.717) is 0 Å². The summed E-state index contributed by atoms with van der Waals surface area (Å²) in [7, 11) is -5.84. The third kappa shape index (κ3) is 8.59. The number of hydrogen-bond acceptors (Lipinski definition) is 3. The third-order valence-corrected chi connectivity index (χ3v) is 2.90. The highest BCUT2D eigenvalue weighted by Gasteiger charge is 2.44. The van der Waals surface area contributed by atoms with Crippen molar-refractivity contribution < 1.29 is 53.5 Å². The fourth-order valence-corrected chi connectivity index (χ4v) is 1.25. The van der Waals surface area contributed by atoms with Gasteiger partial charge in [-0.2, -0.15) is 21.6 Å². The predicted octanol–water partition coefficient (Wildman–Crippen LogP) is -0.287. The summed E-state index contributed by atoms with van der Waals surface area (Å²) in [6, 6.07) is 8.13. The van der Waals surface area contributed by atoms with Crippen LogP contribution < -0.4 is 27.3 Å². The lowest BCUT2D eigenvalue weighted by Gasteiger charge is -2.20. The Hall–Kier alpha value is -0.550. The molecule has 4 nitrogen and oxygen atoms in total. The second kappa shape index (κ2) is 6.94. The van der Waals surface area contributed by atoms with Crippen LogP contribution in [-0.4, -0.2) is 24.1 Å². The Balaban J connectivity index is 0.000000396. The number of alkyl halides is 3. The zero-order chi connectivity index (χ0) is 16.2. The van der Waals surface area contributed by atoms with E-state index in [1.807, 2.05) is 55.5 Å². The average molecular weight is 427 g/mol. The molecule has 0 amide bonds. The van der Waals surface area contributed by atoms with E-state index >= 15 is 0 Å².